The number of aromatic amines is 1. The molecule has 0 aliphatic heterocycles. The molecule has 0 aliphatic carbocycles. The first kappa shape index (κ1) is 16.8. The molecular formula is C21H17N3O3. The monoisotopic (exact) mass is 359 g/mol. The van der Waals surface area contributed by atoms with Crippen molar-refractivity contribution >= 4 is 22.6 Å². The molecule has 0 saturated heterocycles. The van der Waals surface area contributed by atoms with E-state index in [1.807, 2.05) is 36.4 Å². The van der Waals surface area contributed by atoms with Crippen molar-refractivity contribution in [3.63, 3.8) is 0 Å². The third-order valence-corrected chi connectivity index (χ3v) is 4.64. The zero-order valence-electron chi connectivity index (χ0n) is 14.7. The minimum absolute atomic E-state index is 0.0400. The van der Waals surface area contributed by atoms with Crippen LogP contribution < -0.4 is 5.73 Å². The number of amides is 1. The Labute approximate surface area is 155 Å². The van der Waals surface area contributed by atoms with E-state index in [0.717, 1.165) is 22.1 Å². The van der Waals surface area contributed by atoms with E-state index in [2.05, 4.69) is 10.1 Å². The number of aryl methyl sites for hydroxylation is 1. The van der Waals surface area contributed by atoms with Crippen LogP contribution in [0.3, 0.4) is 0 Å². The fraction of sp³-hybridized carbons (Fsp3) is 0.0952. The Hall–Kier alpha value is -3.67. The molecule has 0 unspecified atom stereocenters. The third-order valence-electron chi connectivity index (χ3n) is 4.64. The number of primary amides is 1. The number of nitrogens with two attached hydrogens (primary N) is 1. The molecule has 134 valence electrons. The fourth-order valence-electron chi connectivity index (χ4n) is 3.31. The van der Waals surface area contributed by atoms with Gasteiger partial charge in [0.15, 0.2) is 5.78 Å². The first-order valence-electron chi connectivity index (χ1n) is 8.48. The number of carbonyl (C=O) groups excluding carboxylic acids is 2. The molecule has 2 aromatic heterocycles. The summed E-state index contributed by atoms with van der Waals surface area (Å²) in [4.78, 5) is 27.2. The molecule has 0 spiro atoms. The van der Waals surface area contributed by atoms with E-state index in [1.54, 1.807) is 19.2 Å². The number of H-pyrrole nitrogens is 1. The van der Waals surface area contributed by atoms with E-state index in [4.69, 9.17) is 10.3 Å². The number of hydrogen-bond acceptors (Lipinski definition) is 4. The van der Waals surface area contributed by atoms with Gasteiger partial charge in [0.1, 0.15) is 5.76 Å². The lowest BCUT2D eigenvalue weighted by atomic mass is 9.95. The highest BCUT2D eigenvalue weighted by Gasteiger charge is 2.15. The third kappa shape index (κ3) is 3.01. The molecule has 0 radical (unpaired) electrons. The van der Waals surface area contributed by atoms with Gasteiger partial charge in [-0.05, 0) is 35.7 Å². The van der Waals surface area contributed by atoms with Gasteiger partial charge in [-0.3, -0.25) is 9.59 Å². The molecular weight excluding hydrogens is 342 g/mol. The Morgan fingerprint density at radius 1 is 1.15 bits per heavy atom. The molecule has 0 aliphatic rings. The molecule has 4 rings (SSSR count). The predicted molar refractivity (Wildman–Crippen MR) is 102 cm³/mol. The van der Waals surface area contributed by atoms with Gasteiger partial charge in [0.2, 0.25) is 0 Å². The number of carbonyl (C=O) groups is 2. The number of ketones is 1. The van der Waals surface area contributed by atoms with E-state index in [0.29, 0.717) is 22.4 Å². The maximum Gasteiger partial charge on any atom is 0.250 e. The molecule has 0 atom stereocenters. The number of hydrogen-bond donors (Lipinski definition) is 2. The van der Waals surface area contributed by atoms with Gasteiger partial charge < -0.3 is 15.2 Å². The SMILES string of the molecule is Cc1oncc1C(=O)Cc1cccc(-c2ccc(C(N)=O)c3[nH]ccc23)c1. The lowest BCUT2D eigenvalue weighted by molar-refractivity contribution is 0.0986. The van der Waals surface area contributed by atoms with Gasteiger partial charge in [-0.25, -0.2) is 0 Å². The van der Waals surface area contributed by atoms with Crippen LogP contribution in [0, 0.1) is 6.92 Å². The van der Waals surface area contributed by atoms with Crippen molar-refractivity contribution in [2.75, 3.05) is 0 Å². The minimum atomic E-state index is -0.475. The van der Waals surface area contributed by atoms with Crippen molar-refractivity contribution in [3.05, 3.63) is 77.3 Å². The van der Waals surface area contributed by atoms with Crippen LogP contribution in [-0.2, 0) is 6.42 Å². The van der Waals surface area contributed by atoms with Crippen LogP contribution in [0.2, 0.25) is 0 Å². The number of nitrogens with zero attached hydrogens (tertiary/aromatic N) is 1. The van der Waals surface area contributed by atoms with Gasteiger partial charge in [0, 0.05) is 18.0 Å². The van der Waals surface area contributed by atoms with Crippen molar-refractivity contribution in [2.45, 2.75) is 13.3 Å². The van der Waals surface area contributed by atoms with Gasteiger partial charge >= 0.3 is 0 Å². The number of aromatic nitrogens is 2. The largest absolute Gasteiger partial charge is 0.366 e. The Morgan fingerprint density at radius 3 is 2.74 bits per heavy atom. The summed E-state index contributed by atoms with van der Waals surface area (Å²) in [6, 6.07) is 13.3. The summed E-state index contributed by atoms with van der Waals surface area (Å²) in [6.07, 6.45) is 3.49. The number of nitrogens with one attached hydrogen (secondary N) is 1. The molecule has 3 N–H and O–H groups in total. The second-order valence-corrected chi connectivity index (χ2v) is 6.39. The number of Topliss-reactive ketones (excluding diaryl/α,β-unsaturated/α-hetero) is 1. The van der Waals surface area contributed by atoms with E-state index < -0.39 is 5.91 Å². The summed E-state index contributed by atoms with van der Waals surface area (Å²) in [5, 5.41) is 4.57. The van der Waals surface area contributed by atoms with Crippen molar-refractivity contribution in [2.24, 2.45) is 5.73 Å². The van der Waals surface area contributed by atoms with Crippen molar-refractivity contribution in [1.82, 2.24) is 10.1 Å². The highest BCUT2D eigenvalue weighted by Crippen LogP contribution is 2.31. The lowest BCUT2D eigenvalue weighted by Crippen LogP contribution is -2.11. The quantitative estimate of drug-likeness (QED) is 0.531. The summed E-state index contributed by atoms with van der Waals surface area (Å²) >= 11 is 0. The highest BCUT2D eigenvalue weighted by molar-refractivity contribution is 6.09. The zero-order chi connectivity index (χ0) is 19.0. The number of fused-ring (bicyclic) bond motifs is 1. The van der Waals surface area contributed by atoms with Crippen LogP contribution >= 0.6 is 0 Å². The Morgan fingerprint density at radius 2 is 2.00 bits per heavy atom. The van der Waals surface area contributed by atoms with Crippen LogP contribution in [0.1, 0.15) is 32.0 Å². The topological polar surface area (TPSA) is 102 Å². The normalized spacial score (nSPS) is 11.0. The molecule has 4 aromatic rings. The van der Waals surface area contributed by atoms with E-state index >= 15 is 0 Å². The molecule has 2 aromatic carbocycles. The van der Waals surface area contributed by atoms with Gasteiger partial charge in [0.05, 0.1) is 22.8 Å². The van der Waals surface area contributed by atoms with Crippen molar-refractivity contribution < 1.29 is 14.1 Å². The second kappa shape index (κ2) is 6.57. The summed E-state index contributed by atoms with van der Waals surface area (Å²) in [6.45, 7) is 1.72. The Bertz CT molecular complexity index is 1170. The molecule has 0 fully saturated rings. The van der Waals surface area contributed by atoms with Crippen molar-refractivity contribution in [3.8, 4) is 11.1 Å². The van der Waals surface area contributed by atoms with Crippen LogP contribution in [0.5, 0.6) is 0 Å². The van der Waals surface area contributed by atoms with E-state index in [9.17, 15) is 9.59 Å². The fourth-order valence-corrected chi connectivity index (χ4v) is 3.31. The predicted octanol–water partition coefficient (Wildman–Crippen LogP) is 3.66. The van der Waals surface area contributed by atoms with Gasteiger partial charge in [0.25, 0.3) is 5.91 Å². The Balaban J connectivity index is 1.71. The van der Waals surface area contributed by atoms with Crippen LogP contribution in [-0.4, -0.2) is 21.8 Å². The minimum Gasteiger partial charge on any atom is -0.366 e. The van der Waals surface area contributed by atoms with E-state index in [-0.39, 0.29) is 12.2 Å². The van der Waals surface area contributed by atoms with Gasteiger partial charge in [-0.15, -0.1) is 0 Å². The first-order chi connectivity index (χ1) is 13.0. The molecule has 2 heterocycles. The molecule has 0 saturated carbocycles. The molecule has 6 nitrogen and oxygen atoms in total. The standard InChI is InChI=1S/C21H17N3O3/c1-12-18(11-24-27-12)19(25)10-13-3-2-4-14(9-13)15-5-6-17(21(22)26)20-16(15)7-8-23-20/h2-9,11,23H,10H2,1H3,(H2,22,26). The zero-order valence-corrected chi connectivity index (χ0v) is 14.7. The summed E-state index contributed by atoms with van der Waals surface area (Å²) < 4.78 is 4.97. The van der Waals surface area contributed by atoms with Gasteiger partial charge in [-0.2, -0.15) is 0 Å². The maximum absolute atomic E-state index is 12.5. The average molecular weight is 359 g/mol. The number of benzene rings is 2. The van der Waals surface area contributed by atoms with Crippen LogP contribution in [0.15, 0.2) is 59.4 Å². The summed E-state index contributed by atoms with van der Waals surface area (Å²) in [5.41, 5.74) is 9.93. The van der Waals surface area contributed by atoms with Crippen LogP contribution in [0.4, 0.5) is 0 Å². The summed E-state index contributed by atoms with van der Waals surface area (Å²) in [5.74, 6) is 0.00596. The van der Waals surface area contributed by atoms with E-state index in [1.165, 1.54) is 6.20 Å². The second-order valence-electron chi connectivity index (χ2n) is 6.39. The molecule has 1 amide bonds. The number of rotatable bonds is 5. The Kier molecular flexibility index (Phi) is 4.08. The first-order valence-corrected chi connectivity index (χ1v) is 8.48. The highest BCUT2D eigenvalue weighted by atomic mass is 16.5. The molecule has 27 heavy (non-hydrogen) atoms. The van der Waals surface area contributed by atoms with Crippen molar-refractivity contribution in [1.29, 1.82) is 0 Å². The van der Waals surface area contributed by atoms with Crippen LogP contribution in [0.25, 0.3) is 22.0 Å². The molecule has 0 bridgehead atoms. The maximum atomic E-state index is 12.5. The lowest BCUT2D eigenvalue weighted by Gasteiger charge is -2.08. The summed E-state index contributed by atoms with van der Waals surface area (Å²) in [7, 11) is 0. The molecule has 6 heteroatoms. The smallest absolute Gasteiger partial charge is 0.250 e. The average Bonchev–Trinajstić information content (AvgIpc) is 3.29. The van der Waals surface area contributed by atoms with Gasteiger partial charge in [-0.1, -0.05) is 35.5 Å².